The van der Waals surface area contributed by atoms with Crippen molar-refractivity contribution < 1.29 is 23.7 Å². The summed E-state index contributed by atoms with van der Waals surface area (Å²) in [6.07, 6.45) is 2.08. The number of rotatable bonds is 6. The number of amides is 3. The second-order valence-corrected chi connectivity index (χ2v) is 5.79. The van der Waals surface area contributed by atoms with Gasteiger partial charge in [-0.25, -0.2) is 4.79 Å². The molecule has 9 heteroatoms. The Morgan fingerprint density at radius 1 is 1.30 bits per heavy atom. The van der Waals surface area contributed by atoms with E-state index in [1.165, 1.54) is 31.4 Å². The topological polar surface area (TPSA) is 115 Å². The first kappa shape index (κ1) is 18.2. The maximum atomic E-state index is 12.2. The van der Waals surface area contributed by atoms with Gasteiger partial charge < -0.3 is 14.5 Å². The zero-order valence-corrected chi connectivity index (χ0v) is 14.7. The molecule has 1 aliphatic heterocycles. The summed E-state index contributed by atoms with van der Waals surface area (Å²) >= 11 is 0. The molecule has 1 aromatic heterocycles. The number of nitrogens with one attached hydrogen (secondary N) is 1. The third kappa shape index (κ3) is 3.52. The number of urea groups is 1. The zero-order chi connectivity index (χ0) is 19.6. The minimum Gasteiger partial charge on any atom is -0.496 e. The number of methoxy groups -OCH3 is 1. The number of carbonyl (C=O) groups excluding carboxylic acids is 2. The molecule has 1 aromatic carbocycles. The number of carbonyl (C=O) groups is 2. The summed E-state index contributed by atoms with van der Waals surface area (Å²) in [5.74, 6) is 0.645. The molecule has 1 fully saturated rings. The number of nitrogens with zero attached hydrogens (tertiary/aromatic N) is 2. The smallest absolute Gasteiger partial charge is 0.329 e. The van der Waals surface area contributed by atoms with E-state index in [0.717, 1.165) is 4.90 Å². The maximum absolute atomic E-state index is 12.2. The normalized spacial score (nSPS) is 15.3. The van der Waals surface area contributed by atoms with Gasteiger partial charge in [-0.05, 0) is 24.6 Å². The van der Waals surface area contributed by atoms with Crippen LogP contribution in [-0.4, -0.2) is 35.4 Å². The molecule has 9 nitrogen and oxygen atoms in total. The predicted octanol–water partition coefficient (Wildman–Crippen LogP) is 3.17. The first-order valence-corrected chi connectivity index (χ1v) is 8.21. The van der Waals surface area contributed by atoms with Crippen molar-refractivity contribution in [2.24, 2.45) is 0 Å². The van der Waals surface area contributed by atoms with Gasteiger partial charge in [-0.15, -0.1) is 0 Å². The largest absolute Gasteiger partial charge is 0.496 e. The molecule has 2 heterocycles. The molecular formula is C18H17N3O6. The van der Waals surface area contributed by atoms with Crippen LogP contribution in [0.25, 0.3) is 17.4 Å². The lowest BCUT2D eigenvalue weighted by Gasteiger charge is -2.08. The van der Waals surface area contributed by atoms with Gasteiger partial charge in [-0.2, -0.15) is 0 Å². The lowest BCUT2D eigenvalue weighted by molar-refractivity contribution is -0.384. The molecule has 0 saturated carbocycles. The van der Waals surface area contributed by atoms with E-state index in [1.807, 2.05) is 6.92 Å². The third-order valence-electron chi connectivity index (χ3n) is 3.98. The van der Waals surface area contributed by atoms with Gasteiger partial charge >= 0.3 is 6.03 Å². The first-order chi connectivity index (χ1) is 12.9. The molecule has 3 amide bonds. The van der Waals surface area contributed by atoms with Crippen LogP contribution in [0.15, 0.2) is 40.4 Å². The monoisotopic (exact) mass is 371 g/mol. The fourth-order valence-electron chi connectivity index (χ4n) is 2.72. The number of benzene rings is 1. The molecule has 0 unspecified atom stereocenters. The van der Waals surface area contributed by atoms with Crippen molar-refractivity contribution in [3.8, 4) is 17.1 Å². The highest BCUT2D eigenvalue weighted by molar-refractivity contribution is 6.13. The van der Waals surface area contributed by atoms with E-state index < -0.39 is 16.9 Å². The van der Waals surface area contributed by atoms with Crippen LogP contribution in [0.5, 0.6) is 5.75 Å². The van der Waals surface area contributed by atoms with E-state index in [9.17, 15) is 19.7 Å². The van der Waals surface area contributed by atoms with E-state index in [-0.39, 0.29) is 11.4 Å². The molecule has 0 atom stereocenters. The molecule has 0 spiro atoms. The summed E-state index contributed by atoms with van der Waals surface area (Å²) in [5.41, 5.74) is 0.418. The van der Waals surface area contributed by atoms with Crippen molar-refractivity contribution in [3.05, 3.63) is 51.9 Å². The van der Waals surface area contributed by atoms with Gasteiger partial charge in [0.05, 0.1) is 17.6 Å². The highest BCUT2D eigenvalue weighted by Crippen LogP contribution is 2.34. The van der Waals surface area contributed by atoms with E-state index in [2.05, 4.69) is 5.32 Å². The van der Waals surface area contributed by atoms with Crippen molar-refractivity contribution in [1.29, 1.82) is 0 Å². The van der Waals surface area contributed by atoms with Crippen LogP contribution < -0.4 is 10.1 Å². The van der Waals surface area contributed by atoms with Crippen LogP contribution in [0, 0.1) is 10.1 Å². The minimum atomic E-state index is -0.510. The molecule has 140 valence electrons. The molecule has 0 bridgehead atoms. The van der Waals surface area contributed by atoms with E-state index in [1.54, 1.807) is 12.1 Å². The Labute approximate surface area is 154 Å². The van der Waals surface area contributed by atoms with Crippen LogP contribution in [0.1, 0.15) is 19.1 Å². The van der Waals surface area contributed by atoms with Gasteiger partial charge in [0.25, 0.3) is 11.6 Å². The van der Waals surface area contributed by atoms with Gasteiger partial charge in [0.2, 0.25) is 0 Å². The van der Waals surface area contributed by atoms with Crippen LogP contribution in [0.3, 0.4) is 0 Å². The van der Waals surface area contributed by atoms with Gasteiger partial charge in [-0.1, -0.05) is 6.92 Å². The van der Waals surface area contributed by atoms with Crippen molar-refractivity contribution in [3.63, 3.8) is 0 Å². The number of hydrogen-bond donors (Lipinski definition) is 1. The molecule has 27 heavy (non-hydrogen) atoms. The highest BCUT2D eigenvalue weighted by atomic mass is 16.6. The number of imide groups is 1. The maximum Gasteiger partial charge on any atom is 0.329 e. The average molecular weight is 371 g/mol. The first-order valence-electron chi connectivity index (χ1n) is 8.21. The molecule has 1 aliphatic rings. The molecule has 1 saturated heterocycles. The predicted molar refractivity (Wildman–Crippen MR) is 95.9 cm³/mol. The molecular weight excluding hydrogens is 354 g/mol. The van der Waals surface area contributed by atoms with E-state index >= 15 is 0 Å². The number of nitro groups is 1. The molecule has 0 aliphatic carbocycles. The zero-order valence-electron chi connectivity index (χ0n) is 14.7. The van der Waals surface area contributed by atoms with Crippen LogP contribution >= 0.6 is 0 Å². The van der Waals surface area contributed by atoms with Crippen LogP contribution in [0.4, 0.5) is 10.5 Å². The van der Waals surface area contributed by atoms with Gasteiger partial charge in [0, 0.05) is 24.8 Å². The van der Waals surface area contributed by atoms with Gasteiger partial charge in [-0.3, -0.25) is 19.8 Å². The Bertz CT molecular complexity index is 946. The fraction of sp³-hybridized carbons (Fsp3) is 0.222. The number of hydrogen-bond acceptors (Lipinski definition) is 6. The van der Waals surface area contributed by atoms with Crippen molar-refractivity contribution >= 4 is 23.7 Å². The summed E-state index contributed by atoms with van der Waals surface area (Å²) in [4.78, 5) is 35.7. The Morgan fingerprint density at radius 2 is 2.07 bits per heavy atom. The van der Waals surface area contributed by atoms with Gasteiger partial charge in [0.1, 0.15) is 23.0 Å². The molecule has 0 radical (unpaired) electrons. The number of ether oxygens (including phenoxy) is 1. The molecule has 3 rings (SSSR count). The van der Waals surface area contributed by atoms with Crippen LogP contribution in [-0.2, 0) is 4.79 Å². The molecule has 2 aromatic rings. The fourth-order valence-corrected chi connectivity index (χ4v) is 2.72. The Morgan fingerprint density at radius 3 is 2.74 bits per heavy atom. The third-order valence-corrected chi connectivity index (χ3v) is 3.98. The SMILES string of the molecule is CCCN1C(=O)N/C(=C/c2ccc(-c3cc([N+](=O)[O-])ccc3OC)o2)C1=O. The second-order valence-electron chi connectivity index (χ2n) is 5.79. The van der Waals surface area contributed by atoms with Gasteiger partial charge in [0.15, 0.2) is 0 Å². The Hall–Kier alpha value is -3.62. The summed E-state index contributed by atoms with van der Waals surface area (Å²) in [5, 5.41) is 13.5. The summed E-state index contributed by atoms with van der Waals surface area (Å²) < 4.78 is 10.9. The van der Waals surface area contributed by atoms with Crippen LogP contribution in [0.2, 0.25) is 0 Å². The summed E-state index contributed by atoms with van der Waals surface area (Å²) in [7, 11) is 1.45. The number of non-ortho nitro benzene ring substituents is 1. The highest BCUT2D eigenvalue weighted by Gasteiger charge is 2.32. The summed E-state index contributed by atoms with van der Waals surface area (Å²) in [6, 6.07) is 6.91. The number of furan rings is 1. The van der Waals surface area contributed by atoms with Crippen molar-refractivity contribution in [2.75, 3.05) is 13.7 Å². The average Bonchev–Trinajstić information content (AvgIpc) is 3.22. The van der Waals surface area contributed by atoms with Crippen molar-refractivity contribution in [1.82, 2.24) is 10.2 Å². The lowest BCUT2D eigenvalue weighted by atomic mass is 10.1. The Balaban J connectivity index is 1.92. The molecule has 1 N–H and O–H groups in total. The standard InChI is InChI=1S/C18H17N3O6/c1-3-8-20-17(22)14(19-18(20)23)10-12-5-7-16(27-12)13-9-11(21(24)25)4-6-15(13)26-2/h4-7,9-10H,3,8H2,1-2H3,(H,19,23)/b14-10+. The van der Waals surface area contributed by atoms with E-state index in [4.69, 9.17) is 9.15 Å². The van der Waals surface area contributed by atoms with Crippen molar-refractivity contribution in [2.45, 2.75) is 13.3 Å². The quantitative estimate of drug-likeness (QED) is 0.361. The Kier molecular flexibility index (Phi) is 4.93. The summed E-state index contributed by atoms with van der Waals surface area (Å²) in [6.45, 7) is 2.20. The lowest BCUT2D eigenvalue weighted by Crippen LogP contribution is -2.31. The van der Waals surface area contributed by atoms with E-state index in [0.29, 0.717) is 35.8 Å². The minimum absolute atomic E-state index is 0.101. The second kappa shape index (κ2) is 7.32. The number of nitro benzene ring substituents is 1.